The number of aromatic nitrogens is 3. The number of carbonyl (C=O) groups is 1. The van der Waals surface area contributed by atoms with Crippen LogP contribution in [0.15, 0.2) is 36.9 Å². The van der Waals surface area contributed by atoms with Crippen LogP contribution in [0.25, 0.3) is 0 Å². The monoisotopic (exact) mass is 345 g/mol. The van der Waals surface area contributed by atoms with Crippen molar-refractivity contribution in [2.45, 2.75) is 26.0 Å². The molecule has 8 nitrogen and oxygen atoms in total. The van der Waals surface area contributed by atoms with Gasteiger partial charge in [-0.15, -0.1) is 0 Å². The maximum Gasteiger partial charge on any atom is 0.317 e. The first-order chi connectivity index (χ1) is 12.3. The van der Waals surface area contributed by atoms with Crippen molar-refractivity contribution in [3.8, 4) is 11.5 Å². The number of para-hydroxylation sites is 2. The lowest BCUT2D eigenvalue weighted by molar-refractivity contribution is 0.0675. The maximum absolute atomic E-state index is 12.3. The Labute approximate surface area is 146 Å². The number of benzene rings is 1. The third-order valence-corrected chi connectivity index (χ3v) is 3.97. The number of aryl methyl sites for hydroxylation is 1. The normalized spacial score (nSPS) is 15.6. The van der Waals surface area contributed by atoms with Gasteiger partial charge in [0.2, 0.25) is 0 Å². The van der Waals surface area contributed by atoms with Crippen LogP contribution < -0.4 is 14.8 Å². The van der Waals surface area contributed by atoms with Crippen molar-refractivity contribution in [2.75, 3.05) is 26.2 Å². The van der Waals surface area contributed by atoms with Gasteiger partial charge in [0.15, 0.2) is 17.6 Å². The van der Waals surface area contributed by atoms with Gasteiger partial charge in [0.05, 0.1) is 6.54 Å². The molecule has 0 bridgehead atoms. The summed E-state index contributed by atoms with van der Waals surface area (Å²) < 4.78 is 13.4. The van der Waals surface area contributed by atoms with Gasteiger partial charge in [-0.2, -0.15) is 5.10 Å². The maximum atomic E-state index is 12.3. The van der Waals surface area contributed by atoms with Crippen molar-refractivity contribution in [1.29, 1.82) is 0 Å². The van der Waals surface area contributed by atoms with Gasteiger partial charge in [-0.05, 0) is 25.5 Å². The SMILES string of the molecule is CCN(CC1COc2ccccc2O1)C(=O)NCCCn1cncn1. The summed E-state index contributed by atoms with van der Waals surface area (Å²) >= 11 is 0. The molecule has 1 unspecified atom stereocenters. The summed E-state index contributed by atoms with van der Waals surface area (Å²) in [5, 5.41) is 6.97. The van der Waals surface area contributed by atoms with Gasteiger partial charge >= 0.3 is 6.03 Å². The Morgan fingerprint density at radius 2 is 2.24 bits per heavy atom. The molecule has 0 saturated carbocycles. The van der Waals surface area contributed by atoms with Crippen LogP contribution in [0.2, 0.25) is 0 Å². The van der Waals surface area contributed by atoms with Crippen LogP contribution in [0.4, 0.5) is 4.79 Å². The van der Waals surface area contributed by atoms with E-state index < -0.39 is 0 Å². The van der Waals surface area contributed by atoms with Crippen LogP contribution >= 0.6 is 0 Å². The zero-order valence-electron chi connectivity index (χ0n) is 14.3. The molecule has 2 heterocycles. The van der Waals surface area contributed by atoms with E-state index in [1.54, 1.807) is 15.9 Å². The van der Waals surface area contributed by atoms with E-state index in [1.807, 2.05) is 31.2 Å². The molecule has 1 aromatic heterocycles. The molecule has 25 heavy (non-hydrogen) atoms. The fourth-order valence-electron chi connectivity index (χ4n) is 2.65. The summed E-state index contributed by atoms with van der Waals surface area (Å²) in [4.78, 5) is 18.0. The molecule has 1 aromatic carbocycles. The molecular formula is C17H23N5O3. The summed E-state index contributed by atoms with van der Waals surface area (Å²) in [6.45, 7) is 4.79. The van der Waals surface area contributed by atoms with Crippen molar-refractivity contribution in [3.05, 3.63) is 36.9 Å². The minimum absolute atomic E-state index is 0.0939. The molecule has 1 N–H and O–H groups in total. The Balaban J connectivity index is 1.43. The highest BCUT2D eigenvalue weighted by Gasteiger charge is 2.24. The van der Waals surface area contributed by atoms with E-state index in [2.05, 4.69) is 15.4 Å². The number of amides is 2. The molecule has 0 radical (unpaired) electrons. The van der Waals surface area contributed by atoms with Crippen molar-refractivity contribution in [1.82, 2.24) is 25.0 Å². The number of nitrogens with zero attached hydrogens (tertiary/aromatic N) is 4. The van der Waals surface area contributed by atoms with E-state index in [-0.39, 0.29) is 12.1 Å². The predicted octanol–water partition coefficient (Wildman–Crippen LogP) is 1.54. The number of hydrogen-bond acceptors (Lipinski definition) is 5. The number of likely N-dealkylation sites (N-methyl/N-ethyl adjacent to an activating group) is 1. The lowest BCUT2D eigenvalue weighted by Crippen LogP contribution is -2.47. The van der Waals surface area contributed by atoms with Crippen LogP contribution in [0.1, 0.15) is 13.3 Å². The average Bonchev–Trinajstić information content (AvgIpc) is 3.16. The van der Waals surface area contributed by atoms with Gasteiger partial charge in [0, 0.05) is 19.6 Å². The second-order valence-corrected chi connectivity index (χ2v) is 5.78. The molecule has 134 valence electrons. The first-order valence-electron chi connectivity index (χ1n) is 8.50. The second-order valence-electron chi connectivity index (χ2n) is 5.78. The highest BCUT2D eigenvalue weighted by atomic mass is 16.6. The van der Waals surface area contributed by atoms with Gasteiger partial charge in [0.1, 0.15) is 19.3 Å². The van der Waals surface area contributed by atoms with E-state index >= 15 is 0 Å². The fraction of sp³-hybridized carbons (Fsp3) is 0.471. The fourth-order valence-corrected chi connectivity index (χ4v) is 2.65. The summed E-state index contributed by atoms with van der Waals surface area (Å²) in [5.74, 6) is 1.47. The van der Waals surface area contributed by atoms with Crippen molar-refractivity contribution in [2.24, 2.45) is 0 Å². The van der Waals surface area contributed by atoms with Crippen LogP contribution in [-0.2, 0) is 6.54 Å². The largest absolute Gasteiger partial charge is 0.486 e. The topological polar surface area (TPSA) is 81.5 Å². The summed E-state index contributed by atoms with van der Waals surface area (Å²) in [6, 6.07) is 7.48. The third kappa shape index (κ3) is 4.62. The lowest BCUT2D eigenvalue weighted by atomic mass is 10.2. The van der Waals surface area contributed by atoms with Crippen LogP contribution in [-0.4, -0.2) is 58.0 Å². The quantitative estimate of drug-likeness (QED) is 0.770. The van der Waals surface area contributed by atoms with E-state index in [0.29, 0.717) is 26.2 Å². The molecule has 0 spiro atoms. The molecule has 0 saturated heterocycles. The number of rotatable bonds is 7. The lowest BCUT2D eigenvalue weighted by Gasteiger charge is -2.31. The number of nitrogens with one attached hydrogen (secondary N) is 1. The number of urea groups is 1. The number of ether oxygens (including phenoxy) is 2. The van der Waals surface area contributed by atoms with Gasteiger partial charge in [-0.3, -0.25) is 4.68 Å². The minimum Gasteiger partial charge on any atom is -0.486 e. The zero-order chi connectivity index (χ0) is 17.5. The van der Waals surface area contributed by atoms with Crippen LogP contribution in [0.3, 0.4) is 0 Å². The molecule has 1 atom stereocenters. The number of carbonyl (C=O) groups excluding carboxylic acids is 1. The molecule has 2 aromatic rings. The van der Waals surface area contributed by atoms with E-state index in [9.17, 15) is 4.79 Å². The molecule has 8 heteroatoms. The molecule has 1 aliphatic rings. The highest BCUT2D eigenvalue weighted by molar-refractivity contribution is 5.74. The van der Waals surface area contributed by atoms with Gasteiger partial charge < -0.3 is 19.7 Å². The Kier molecular flexibility index (Phi) is 5.71. The van der Waals surface area contributed by atoms with Gasteiger partial charge in [0.25, 0.3) is 0 Å². The summed E-state index contributed by atoms with van der Waals surface area (Å²) in [6.07, 6.45) is 3.79. The molecule has 0 aliphatic carbocycles. The van der Waals surface area contributed by atoms with Crippen molar-refractivity contribution >= 4 is 6.03 Å². The second kappa shape index (κ2) is 8.36. The number of hydrogen-bond donors (Lipinski definition) is 1. The van der Waals surface area contributed by atoms with Gasteiger partial charge in [-0.1, -0.05) is 12.1 Å². The average molecular weight is 345 g/mol. The standard InChI is InChI=1S/C17H23N5O3/c1-2-21(17(23)19-8-5-9-22-13-18-12-20-22)10-14-11-24-15-6-3-4-7-16(15)25-14/h3-4,6-7,12-14H,2,5,8-11H2,1H3,(H,19,23). The van der Waals surface area contributed by atoms with E-state index in [0.717, 1.165) is 24.5 Å². The van der Waals surface area contributed by atoms with Crippen LogP contribution in [0.5, 0.6) is 11.5 Å². The van der Waals surface area contributed by atoms with E-state index in [4.69, 9.17) is 9.47 Å². The Morgan fingerprint density at radius 1 is 1.40 bits per heavy atom. The van der Waals surface area contributed by atoms with Gasteiger partial charge in [-0.25, -0.2) is 9.78 Å². The number of fused-ring (bicyclic) bond motifs is 1. The van der Waals surface area contributed by atoms with Crippen molar-refractivity contribution < 1.29 is 14.3 Å². The summed E-state index contributed by atoms with van der Waals surface area (Å²) in [5.41, 5.74) is 0. The third-order valence-electron chi connectivity index (χ3n) is 3.97. The van der Waals surface area contributed by atoms with Crippen LogP contribution in [0, 0.1) is 0 Å². The molecule has 0 fully saturated rings. The predicted molar refractivity (Wildman–Crippen MR) is 91.6 cm³/mol. The zero-order valence-corrected chi connectivity index (χ0v) is 14.3. The van der Waals surface area contributed by atoms with E-state index in [1.165, 1.54) is 6.33 Å². The molecule has 2 amide bonds. The minimum atomic E-state index is -0.171. The Morgan fingerprint density at radius 3 is 3.00 bits per heavy atom. The molecule has 3 rings (SSSR count). The Hall–Kier alpha value is -2.77. The van der Waals surface area contributed by atoms with Crippen molar-refractivity contribution in [3.63, 3.8) is 0 Å². The first kappa shape index (κ1) is 17.1. The molecular weight excluding hydrogens is 322 g/mol. The molecule has 1 aliphatic heterocycles. The first-order valence-corrected chi connectivity index (χ1v) is 8.50. The highest BCUT2D eigenvalue weighted by Crippen LogP contribution is 2.30. The Bertz CT molecular complexity index is 677. The smallest absolute Gasteiger partial charge is 0.317 e. The summed E-state index contributed by atoms with van der Waals surface area (Å²) in [7, 11) is 0.